The molecule has 3 rings (SSSR count). The number of benzene rings is 2. The number of halogens is 7. The fraction of sp³-hybridized carbons (Fsp3) is 0.0588. The predicted molar refractivity (Wildman–Crippen MR) is 96.9 cm³/mol. The van der Waals surface area contributed by atoms with Crippen LogP contribution in [0.4, 0.5) is 32.0 Å². The summed E-state index contributed by atoms with van der Waals surface area (Å²) in [5, 5.41) is 24.2. The van der Waals surface area contributed by atoms with Gasteiger partial charge in [0.25, 0.3) is 0 Å². The van der Waals surface area contributed by atoms with Gasteiger partial charge in [-0.05, 0) is 39.3 Å². The van der Waals surface area contributed by atoms with Crippen molar-refractivity contribution in [2.75, 3.05) is 5.32 Å². The molecule has 0 aliphatic heterocycles. The van der Waals surface area contributed by atoms with Gasteiger partial charge in [0.05, 0.1) is 15.7 Å². The maximum atomic E-state index is 14.4. The maximum Gasteiger partial charge on any atom is 0.416 e. The number of ether oxygens (including phenoxy) is 1. The lowest BCUT2D eigenvalue weighted by atomic mass is 10.2. The number of H-pyrrole nitrogens is 1. The second kappa shape index (κ2) is 8.64. The first-order valence-electron chi connectivity index (χ1n) is 7.94. The third-order valence-corrected chi connectivity index (χ3v) is 4.26. The van der Waals surface area contributed by atoms with Crippen LogP contribution in [0.25, 0.3) is 5.57 Å². The molecule has 0 aliphatic rings. The quantitative estimate of drug-likeness (QED) is 0.367. The lowest BCUT2D eigenvalue weighted by Crippen LogP contribution is -2.07. The molecule has 0 amide bonds. The first-order chi connectivity index (χ1) is 14.6. The third-order valence-electron chi connectivity index (χ3n) is 3.64. The minimum Gasteiger partial charge on any atom is -0.450 e. The number of rotatable bonds is 5. The summed E-state index contributed by atoms with van der Waals surface area (Å²) < 4.78 is 85.2. The highest BCUT2D eigenvalue weighted by molar-refractivity contribution is 9.10. The molecule has 7 nitrogen and oxygen atoms in total. The molecule has 31 heavy (non-hydrogen) atoms. The Morgan fingerprint density at radius 1 is 1.13 bits per heavy atom. The van der Waals surface area contributed by atoms with Gasteiger partial charge in [-0.25, -0.2) is 13.2 Å². The normalized spacial score (nSPS) is 11.9. The summed E-state index contributed by atoms with van der Waals surface area (Å²) in [5.41, 5.74) is -1.80. The summed E-state index contributed by atoms with van der Waals surface area (Å²) >= 11 is 3.02. The molecule has 14 heteroatoms. The van der Waals surface area contributed by atoms with Crippen molar-refractivity contribution >= 4 is 27.2 Å². The number of aromatic nitrogens is 4. The molecule has 0 atom stereocenters. The molecule has 0 fully saturated rings. The molecule has 0 radical (unpaired) electrons. The molecule has 2 N–H and O–H groups in total. The number of alkyl halides is 3. The smallest absolute Gasteiger partial charge is 0.416 e. The number of nitrogens with one attached hydrogen (secondary N) is 2. The van der Waals surface area contributed by atoms with Gasteiger partial charge in [-0.15, -0.1) is 10.2 Å². The Morgan fingerprint density at radius 3 is 2.35 bits per heavy atom. The third kappa shape index (κ3) is 4.94. The summed E-state index contributed by atoms with van der Waals surface area (Å²) in [4.78, 5) is 0. The topological polar surface area (TPSA) is 99.5 Å². The number of hydrogen-bond acceptors (Lipinski definition) is 6. The molecular weight excluding hydrogens is 498 g/mol. The van der Waals surface area contributed by atoms with Crippen molar-refractivity contribution < 1.29 is 31.1 Å². The summed E-state index contributed by atoms with van der Waals surface area (Å²) in [7, 11) is 0. The van der Waals surface area contributed by atoms with Crippen LogP contribution in [-0.2, 0) is 6.18 Å². The number of tetrazole rings is 1. The fourth-order valence-corrected chi connectivity index (χ4v) is 2.65. The van der Waals surface area contributed by atoms with E-state index in [9.17, 15) is 26.3 Å². The van der Waals surface area contributed by atoms with Gasteiger partial charge in [-0.2, -0.15) is 23.6 Å². The molecule has 1 heterocycles. The average Bonchev–Trinajstić information content (AvgIpc) is 3.22. The highest BCUT2D eigenvalue weighted by Gasteiger charge is 2.33. The van der Waals surface area contributed by atoms with Crippen molar-refractivity contribution in [2.24, 2.45) is 0 Å². The van der Waals surface area contributed by atoms with Gasteiger partial charge in [0.2, 0.25) is 5.82 Å². The maximum absolute atomic E-state index is 14.4. The van der Waals surface area contributed by atoms with Crippen molar-refractivity contribution in [2.45, 2.75) is 6.18 Å². The van der Waals surface area contributed by atoms with Gasteiger partial charge < -0.3 is 10.1 Å². The van der Waals surface area contributed by atoms with Crippen molar-refractivity contribution in [3.8, 4) is 17.6 Å². The van der Waals surface area contributed by atoms with Crippen LogP contribution < -0.4 is 10.1 Å². The Labute approximate surface area is 177 Å². The fourth-order valence-electron chi connectivity index (χ4n) is 2.22. The van der Waals surface area contributed by atoms with Gasteiger partial charge in [0.1, 0.15) is 23.2 Å². The largest absolute Gasteiger partial charge is 0.450 e. The Morgan fingerprint density at radius 2 is 1.81 bits per heavy atom. The monoisotopic (exact) mass is 504 g/mol. The van der Waals surface area contributed by atoms with E-state index in [-0.39, 0.29) is 33.7 Å². The van der Waals surface area contributed by atoms with E-state index in [1.807, 2.05) is 0 Å². The van der Waals surface area contributed by atoms with E-state index < -0.39 is 40.7 Å². The van der Waals surface area contributed by atoms with E-state index in [1.165, 1.54) is 0 Å². The lowest BCUT2D eigenvalue weighted by Gasteiger charge is -2.14. The van der Waals surface area contributed by atoms with Gasteiger partial charge in [0.15, 0.2) is 17.4 Å². The predicted octanol–water partition coefficient (Wildman–Crippen LogP) is 5.17. The lowest BCUT2D eigenvalue weighted by molar-refractivity contribution is -0.138. The number of aromatic amines is 1. The van der Waals surface area contributed by atoms with Crippen LogP contribution >= 0.6 is 15.9 Å². The van der Waals surface area contributed by atoms with Gasteiger partial charge in [-0.1, -0.05) is 0 Å². The first-order valence-corrected chi connectivity index (χ1v) is 8.73. The Hall–Kier alpha value is -3.60. The van der Waals surface area contributed by atoms with Crippen molar-refractivity contribution in [3.05, 3.63) is 63.8 Å². The molecule has 0 saturated carbocycles. The zero-order valence-corrected chi connectivity index (χ0v) is 16.3. The number of anilines is 1. The SMILES string of the molecule is N#CC(=CNc1cc(Br)c(Oc2c(F)cc(C(F)(F)F)cc2F)cc1F)c1nn[nH]n1. The number of nitrogens with zero attached hydrogens (tertiary/aromatic N) is 4. The molecule has 0 aliphatic carbocycles. The van der Waals surface area contributed by atoms with E-state index in [0.717, 1.165) is 18.3 Å². The zero-order chi connectivity index (χ0) is 22.8. The van der Waals surface area contributed by atoms with Crippen LogP contribution in [0.15, 0.2) is 34.9 Å². The minimum absolute atomic E-state index is 0.00145. The summed E-state index contributed by atoms with van der Waals surface area (Å²) in [6.45, 7) is 0. The highest BCUT2D eigenvalue weighted by Crippen LogP contribution is 2.38. The highest BCUT2D eigenvalue weighted by atomic mass is 79.9. The second-order valence-electron chi connectivity index (χ2n) is 5.68. The molecule has 0 saturated heterocycles. The van der Waals surface area contributed by atoms with E-state index in [1.54, 1.807) is 6.07 Å². The van der Waals surface area contributed by atoms with Crippen LogP contribution in [0.5, 0.6) is 11.5 Å². The molecule has 160 valence electrons. The number of hydrogen-bond donors (Lipinski definition) is 2. The number of allylic oxidation sites excluding steroid dienone is 1. The second-order valence-corrected chi connectivity index (χ2v) is 6.54. The van der Waals surface area contributed by atoms with Gasteiger partial charge >= 0.3 is 6.18 Å². The van der Waals surface area contributed by atoms with Crippen LogP contribution in [-0.4, -0.2) is 20.6 Å². The summed E-state index contributed by atoms with van der Waals surface area (Å²) in [5.74, 6) is -5.82. The molecule has 2 aromatic carbocycles. The van der Waals surface area contributed by atoms with E-state index >= 15 is 0 Å². The van der Waals surface area contributed by atoms with Crippen LogP contribution in [0.1, 0.15) is 11.4 Å². The first kappa shape index (κ1) is 22.1. The summed E-state index contributed by atoms with van der Waals surface area (Å²) in [6.07, 6.45) is -3.87. The van der Waals surface area contributed by atoms with Crippen LogP contribution in [0, 0.1) is 28.8 Å². The van der Waals surface area contributed by atoms with Crippen LogP contribution in [0.3, 0.4) is 0 Å². The zero-order valence-electron chi connectivity index (χ0n) is 14.7. The minimum atomic E-state index is -4.96. The molecule has 0 bridgehead atoms. The molecule has 1 aromatic heterocycles. The van der Waals surface area contributed by atoms with Crippen LogP contribution in [0.2, 0.25) is 0 Å². The molecular formula is C17H7BrF6N6O. The Balaban J connectivity index is 1.87. The van der Waals surface area contributed by atoms with E-state index in [4.69, 9.17) is 10.00 Å². The molecule has 0 spiro atoms. The number of nitriles is 1. The van der Waals surface area contributed by atoms with Gasteiger partial charge in [0, 0.05) is 12.3 Å². The molecule has 3 aromatic rings. The van der Waals surface area contributed by atoms with Gasteiger partial charge in [-0.3, -0.25) is 0 Å². The van der Waals surface area contributed by atoms with Crippen molar-refractivity contribution in [1.29, 1.82) is 5.26 Å². The summed E-state index contributed by atoms with van der Waals surface area (Å²) in [6, 6.07) is 3.74. The molecule has 0 unspecified atom stereocenters. The van der Waals surface area contributed by atoms with E-state index in [0.29, 0.717) is 0 Å². The Bertz CT molecular complexity index is 1170. The standard InChI is InChI=1S/C17H7BrF6N6O/c18-9-3-13(26-6-7(5-25)16-27-29-30-28-16)10(19)4-14(9)31-15-11(20)1-8(2-12(15)21)17(22,23)24/h1-4,6,26H,(H,27,28,29,30). The van der Waals surface area contributed by atoms with E-state index in [2.05, 4.69) is 41.9 Å². The average molecular weight is 505 g/mol. The Kier molecular flexibility index (Phi) is 6.16. The van der Waals surface area contributed by atoms with Crippen molar-refractivity contribution in [1.82, 2.24) is 20.6 Å². The van der Waals surface area contributed by atoms with Crippen molar-refractivity contribution in [3.63, 3.8) is 0 Å².